The molecule has 44 valence electrons. The number of hydrogen-bond acceptors (Lipinski definition) is 4. The van der Waals surface area contributed by atoms with Gasteiger partial charge in [-0.25, -0.2) is 4.79 Å². The summed E-state index contributed by atoms with van der Waals surface area (Å²) in [6.45, 7) is 0. The van der Waals surface area contributed by atoms with Gasteiger partial charge in [0.1, 0.15) is 0 Å². The Bertz CT molecular complexity index is 102. The average molecular weight is 118 g/mol. The molecule has 0 aromatic carbocycles. The fraction of sp³-hybridized carbons (Fsp3) is 0. The number of nitrogens with zero attached hydrogens (tertiary/aromatic N) is 2. The Balaban J connectivity index is 3.62. The Morgan fingerprint density at radius 3 is 2.38 bits per heavy atom. The number of hydrogen-bond donors (Lipinski definition) is 2. The van der Waals surface area contributed by atoms with E-state index in [-0.39, 0.29) is 0 Å². The molecule has 0 rings (SSSR count). The lowest BCUT2D eigenvalue weighted by atomic mass is 11.0. The fourth-order valence-corrected chi connectivity index (χ4v) is 0.0814. The molecule has 0 unspecified atom stereocenters. The molecule has 0 aliphatic heterocycles. The minimum absolute atomic E-state index is 0.514. The second-order valence-electron chi connectivity index (χ2n) is 0.786. The predicted octanol–water partition coefficient (Wildman–Crippen LogP) is -1.14. The van der Waals surface area contributed by atoms with E-state index in [0.29, 0.717) is 0 Å². The van der Waals surface area contributed by atoms with Gasteiger partial charge in [-0.05, 0) is 0 Å². The van der Waals surface area contributed by atoms with Crippen molar-refractivity contribution in [1.82, 2.24) is 10.5 Å². The van der Waals surface area contributed by atoms with Crippen LogP contribution in [0.15, 0.2) is 0 Å². The van der Waals surface area contributed by atoms with Crippen molar-refractivity contribution in [2.75, 3.05) is 0 Å². The summed E-state index contributed by atoms with van der Waals surface area (Å²) in [6.07, 6.45) is 0.751. The Morgan fingerprint density at radius 2 is 2.25 bits per heavy atom. The summed E-state index contributed by atoms with van der Waals surface area (Å²) in [5, 5.41) is 15.0. The fourth-order valence-electron chi connectivity index (χ4n) is 0.0814. The second kappa shape index (κ2) is 2.94. The maximum Gasteiger partial charge on any atom is 0.397 e. The number of hydroxylamine groups is 3. The monoisotopic (exact) mass is 118 g/mol. The van der Waals surface area contributed by atoms with Gasteiger partial charge in [-0.3, -0.25) is 15.2 Å². The average Bonchev–Trinajstić information content (AvgIpc) is 1.84. The van der Waals surface area contributed by atoms with Crippen molar-refractivity contribution in [3.8, 4) is 0 Å². The van der Waals surface area contributed by atoms with Gasteiger partial charge < -0.3 is 0 Å². The van der Waals surface area contributed by atoms with E-state index in [1.807, 2.05) is 5.48 Å². The molecule has 0 saturated heterocycles. The Labute approximate surface area is 44.2 Å². The molecule has 0 aromatic heterocycles. The molecule has 0 aliphatic carbocycles. The third-order valence-corrected chi connectivity index (χ3v) is 0.353. The molecule has 0 aromatic rings. The van der Waals surface area contributed by atoms with Gasteiger partial charge in [0.2, 0.25) is 0 Å². The van der Waals surface area contributed by atoms with Gasteiger partial charge in [0, 0.05) is 0 Å². The van der Waals surface area contributed by atoms with Crippen molar-refractivity contribution in [2.45, 2.75) is 0 Å². The molecule has 0 bridgehead atoms. The number of carbonyl (C=O) groups excluding carboxylic acids is 2. The van der Waals surface area contributed by atoms with Crippen molar-refractivity contribution in [1.29, 1.82) is 0 Å². The highest BCUT2D eigenvalue weighted by atomic mass is 16.6. The smallest absolute Gasteiger partial charge is 0.277 e. The van der Waals surface area contributed by atoms with Crippen molar-refractivity contribution >= 4 is 12.4 Å². The van der Waals surface area contributed by atoms with Crippen LogP contribution in [0.4, 0.5) is 4.79 Å². The Hall–Kier alpha value is -1.14. The van der Waals surface area contributed by atoms with E-state index < -0.39 is 11.1 Å². The largest absolute Gasteiger partial charge is 0.397 e. The van der Waals surface area contributed by atoms with E-state index >= 15 is 0 Å². The first-order chi connectivity index (χ1) is 3.72. The zero-order chi connectivity index (χ0) is 6.57. The van der Waals surface area contributed by atoms with E-state index in [2.05, 4.69) is 0 Å². The summed E-state index contributed by atoms with van der Waals surface area (Å²) < 4.78 is 0. The van der Waals surface area contributed by atoms with Crippen LogP contribution in [0.25, 0.3) is 0 Å². The van der Waals surface area contributed by atoms with Gasteiger partial charge in [-0.15, -0.1) is 5.06 Å². The molecule has 0 saturated carbocycles. The van der Waals surface area contributed by atoms with Gasteiger partial charge in [0.15, 0.2) is 0 Å². The van der Waals surface area contributed by atoms with Crippen LogP contribution in [0.2, 0.25) is 0 Å². The summed E-state index contributed by atoms with van der Waals surface area (Å²) in [4.78, 5) is 19.0. The Kier molecular flexibility index (Phi) is 2.52. The van der Waals surface area contributed by atoms with Crippen molar-refractivity contribution in [3.05, 3.63) is 0 Å². The molecule has 8 heavy (non-hydrogen) atoms. The van der Waals surface area contributed by atoms with Crippen molar-refractivity contribution in [3.63, 3.8) is 0 Å². The van der Waals surface area contributed by atoms with Crippen LogP contribution in [-0.2, 0) is 4.79 Å². The molecular formula is C2H2N2O4. The third-order valence-electron chi connectivity index (χ3n) is 0.353. The lowest BCUT2D eigenvalue weighted by molar-refractivity contribution is 0.00363. The van der Waals surface area contributed by atoms with Crippen LogP contribution < -0.4 is 5.48 Å². The molecule has 0 spiro atoms. The van der Waals surface area contributed by atoms with Gasteiger partial charge in [-0.1, -0.05) is 5.48 Å². The van der Waals surface area contributed by atoms with Crippen LogP contribution in [0, 0.1) is 0 Å². The first-order valence-electron chi connectivity index (χ1n) is 1.48. The zero-order valence-corrected chi connectivity index (χ0v) is 3.61. The molecule has 3 amide bonds. The van der Waals surface area contributed by atoms with Gasteiger partial charge in [0.05, 0.1) is 0 Å². The van der Waals surface area contributed by atoms with E-state index in [9.17, 15) is 9.59 Å². The minimum atomic E-state index is -1.47. The predicted molar refractivity (Wildman–Crippen MR) is 18.6 cm³/mol. The van der Waals surface area contributed by atoms with E-state index in [1.54, 1.807) is 0 Å². The first kappa shape index (κ1) is 6.86. The molecule has 6 heteroatoms. The van der Waals surface area contributed by atoms with Crippen LogP contribution in [0.3, 0.4) is 0 Å². The van der Waals surface area contributed by atoms with Crippen LogP contribution in [0.1, 0.15) is 0 Å². The highest BCUT2D eigenvalue weighted by molar-refractivity contribution is 5.81. The lowest BCUT2D eigenvalue weighted by Gasteiger charge is -1.97. The normalized spacial score (nSPS) is 7.75. The van der Waals surface area contributed by atoms with Crippen LogP contribution in [-0.4, -0.2) is 27.9 Å². The number of imide groups is 1. The SMILES string of the molecule is O=[C]N(O)C(=O)[N]O. The molecule has 0 fully saturated rings. The van der Waals surface area contributed by atoms with E-state index in [0.717, 1.165) is 6.41 Å². The first-order valence-corrected chi connectivity index (χ1v) is 1.48. The maximum atomic E-state index is 9.74. The third kappa shape index (κ3) is 1.54. The summed E-state index contributed by atoms with van der Waals surface area (Å²) >= 11 is 0. The topological polar surface area (TPSA) is 91.9 Å². The molecule has 2 radical (unpaired) electrons. The summed E-state index contributed by atoms with van der Waals surface area (Å²) in [7, 11) is 0. The van der Waals surface area contributed by atoms with E-state index in [1.165, 1.54) is 0 Å². The molecule has 6 nitrogen and oxygen atoms in total. The summed E-state index contributed by atoms with van der Waals surface area (Å²) in [5.74, 6) is 0. The lowest BCUT2D eigenvalue weighted by Crippen LogP contribution is -2.30. The standard InChI is InChI=1S/C2H2N2O4/c5-1-4(8)2(6)3-7/h7-8H. The number of urea groups is 1. The van der Waals surface area contributed by atoms with E-state index in [4.69, 9.17) is 10.4 Å². The second-order valence-corrected chi connectivity index (χ2v) is 0.786. The number of rotatable bonds is 1. The number of carbonyl (C=O) groups is 1. The molecule has 0 atom stereocenters. The summed E-state index contributed by atoms with van der Waals surface area (Å²) in [5.41, 5.74) is 1.93. The molecule has 2 N–H and O–H groups in total. The van der Waals surface area contributed by atoms with Crippen molar-refractivity contribution in [2.24, 2.45) is 0 Å². The van der Waals surface area contributed by atoms with Gasteiger partial charge in [0.25, 0.3) is 0 Å². The van der Waals surface area contributed by atoms with Gasteiger partial charge in [-0.2, -0.15) is 0 Å². The zero-order valence-electron chi connectivity index (χ0n) is 3.61. The molecule has 0 aliphatic rings. The van der Waals surface area contributed by atoms with Crippen molar-refractivity contribution < 1.29 is 20.0 Å². The highest BCUT2D eigenvalue weighted by Gasteiger charge is 2.08. The maximum absolute atomic E-state index is 9.74. The molecular weight excluding hydrogens is 116 g/mol. The Morgan fingerprint density at radius 1 is 1.75 bits per heavy atom. The molecule has 0 heterocycles. The van der Waals surface area contributed by atoms with Crippen LogP contribution >= 0.6 is 0 Å². The minimum Gasteiger partial charge on any atom is -0.277 e. The number of amides is 3. The van der Waals surface area contributed by atoms with Crippen LogP contribution in [0.5, 0.6) is 0 Å². The highest BCUT2D eigenvalue weighted by Crippen LogP contribution is 1.73. The van der Waals surface area contributed by atoms with Gasteiger partial charge >= 0.3 is 12.4 Å². The quantitative estimate of drug-likeness (QED) is 0.258. The summed E-state index contributed by atoms with van der Waals surface area (Å²) in [6, 6.07) is -1.47.